The van der Waals surface area contributed by atoms with E-state index < -0.39 is 0 Å². The van der Waals surface area contributed by atoms with Crippen LogP contribution in [0.3, 0.4) is 0 Å². The Morgan fingerprint density at radius 2 is 1.77 bits per heavy atom. The van der Waals surface area contributed by atoms with E-state index in [0.29, 0.717) is 41.6 Å². The van der Waals surface area contributed by atoms with Gasteiger partial charge in [0.15, 0.2) is 0 Å². The maximum atomic E-state index is 12.5. The molecule has 0 bridgehead atoms. The molecule has 1 aliphatic rings. The zero-order valence-electron chi connectivity index (χ0n) is 14.4. The van der Waals surface area contributed by atoms with E-state index in [1.807, 2.05) is 29.2 Å². The first-order valence-corrected chi connectivity index (χ1v) is 8.94. The lowest BCUT2D eigenvalue weighted by Gasteiger charge is -2.34. The first-order chi connectivity index (χ1) is 12.7. The minimum atomic E-state index is 0.0152. The van der Waals surface area contributed by atoms with Crippen LogP contribution in [0.5, 0.6) is 5.75 Å². The van der Waals surface area contributed by atoms with Gasteiger partial charge in [-0.2, -0.15) is 5.26 Å². The average Bonchev–Trinajstić information content (AvgIpc) is 2.69. The monoisotopic (exact) mass is 369 g/mol. The van der Waals surface area contributed by atoms with E-state index in [1.165, 1.54) is 0 Å². The van der Waals surface area contributed by atoms with Crippen LogP contribution in [-0.2, 0) is 0 Å². The second kappa shape index (κ2) is 8.70. The summed E-state index contributed by atoms with van der Waals surface area (Å²) >= 11 is 6.08. The number of nitrogens with zero attached hydrogens (tertiary/aromatic N) is 3. The van der Waals surface area contributed by atoms with Crippen molar-refractivity contribution in [2.24, 2.45) is 0 Å². The molecule has 0 atom stereocenters. The molecule has 5 nitrogen and oxygen atoms in total. The van der Waals surface area contributed by atoms with E-state index in [-0.39, 0.29) is 5.91 Å². The first kappa shape index (κ1) is 18.2. The molecule has 0 N–H and O–H groups in total. The van der Waals surface area contributed by atoms with Crippen molar-refractivity contribution in [1.82, 2.24) is 9.80 Å². The number of amides is 1. The average molecular weight is 370 g/mol. The number of hydrogen-bond acceptors (Lipinski definition) is 4. The van der Waals surface area contributed by atoms with Crippen LogP contribution in [0.2, 0.25) is 5.02 Å². The molecule has 2 aromatic carbocycles. The molecular formula is C20H20ClN3O2. The van der Waals surface area contributed by atoms with Crippen LogP contribution in [0, 0.1) is 11.3 Å². The van der Waals surface area contributed by atoms with Crippen LogP contribution in [0.15, 0.2) is 48.5 Å². The Morgan fingerprint density at radius 1 is 1.08 bits per heavy atom. The summed E-state index contributed by atoms with van der Waals surface area (Å²) in [5, 5.41) is 9.45. The summed E-state index contributed by atoms with van der Waals surface area (Å²) in [4.78, 5) is 16.7. The van der Waals surface area contributed by atoms with Gasteiger partial charge in [0.2, 0.25) is 0 Å². The molecule has 0 aliphatic carbocycles. The van der Waals surface area contributed by atoms with Gasteiger partial charge in [0.05, 0.1) is 16.7 Å². The van der Waals surface area contributed by atoms with Crippen LogP contribution >= 0.6 is 11.6 Å². The predicted octanol–water partition coefficient (Wildman–Crippen LogP) is 3.05. The molecule has 0 unspecified atom stereocenters. The molecular weight excluding hydrogens is 350 g/mol. The van der Waals surface area contributed by atoms with Crippen LogP contribution in [0.1, 0.15) is 15.9 Å². The number of benzene rings is 2. The minimum absolute atomic E-state index is 0.0152. The quantitative estimate of drug-likeness (QED) is 0.812. The Kier molecular flexibility index (Phi) is 6.11. The van der Waals surface area contributed by atoms with Crippen molar-refractivity contribution in [3.63, 3.8) is 0 Å². The van der Waals surface area contributed by atoms with E-state index in [0.717, 1.165) is 19.6 Å². The van der Waals surface area contributed by atoms with Gasteiger partial charge in [0.1, 0.15) is 12.4 Å². The number of carbonyl (C=O) groups is 1. The van der Waals surface area contributed by atoms with Crippen molar-refractivity contribution in [2.45, 2.75) is 0 Å². The second-order valence-corrected chi connectivity index (χ2v) is 6.51. The molecule has 26 heavy (non-hydrogen) atoms. The van der Waals surface area contributed by atoms with Gasteiger partial charge >= 0.3 is 0 Å². The van der Waals surface area contributed by atoms with Crippen molar-refractivity contribution in [1.29, 1.82) is 5.26 Å². The fourth-order valence-corrected chi connectivity index (χ4v) is 3.08. The Morgan fingerprint density at radius 3 is 2.42 bits per heavy atom. The summed E-state index contributed by atoms with van der Waals surface area (Å²) in [6, 6.07) is 16.3. The zero-order chi connectivity index (χ0) is 18.4. The maximum absolute atomic E-state index is 12.5. The topological polar surface area (TPSA) is 56.6 Å². The highest BCUT2D eigenvalue weighted by Gasteiger charge is 2.22. The number of para-hydroxylation sites is 1. The molecule has 1 saturated heterocycles. The SMILES string of the molecule is N#Cc1ccc(C(=O)N2CCN(CCOc3ccccc3Cl)CC2)cc1. The number of ether oxygens (including phenoxy) is 1. The van der Waals surface area contributed by atoms with Gasteiger partial charge in [-0.1, -0.05) is 23.7 Å². The van der Waals surface area contributed by atoms with E-state index in [2.05, 4.69) is 11.0 Å². The van der Waals surface area contributed by atoms with E-state index in [4.69, 9.17) is 21.6 Å². The van der Waals surface area contributed by atoms with Crippen LogP contribution in [-0.4, -0.2) is 55.0 Å². The first-order valence-electron chi connectivity index (χ1n) is 8.56. The smallest absolute Gasteiger partial charge is 0.253 e. The molecule has 1 amide bonds. The summed E-state index contributed by atoms with van der Waals surface area (Å²) < 4.78 is 5.72. The van der Waals surface area contributed by atoms with Gasteiger partial charge in [-0.3, -0.25) is 9.69 Å². The Hall–Kier alpha value is -2.55. The lowest BCUT2D eigenvalue weighted by Crippen LogP contribution is -2.49. The van der Waals surface area contributed by atoms with E-state index in [1.54, 1.807) is 24.3 Å². The summed E-state index contributed by atoms with van der Waals surface area (Å²) in [5.41, 5.74) is 1.18. The van der Waals surface area contributed by atoms with Crippen molar-refractivity contribution in [3.8, 4) is 11.8 Å². The summed E-state index contributed by atoms with van der Waals surface area (Å²) in [6.45, 7) is 4.36. The zero-order valence-corrected chi connectivity index (χ0v) is 15.2. The normalized spacial score (nSPS) is 14.7. The molecule has 0 radical (unpaired) electrons. The van der Waals surface area contributed by atoms with E-state index >= 15 is 0 Å². The molecule has 1 aliphatic heterocycles. The third-order valence-corrected chi connectivity index (χ3v) is 4.73. The predicted molar refractivity (Wildman–Crippen MR) is 100 cm³/mol. The number of piperazine rings is 1. The van der Waals surface area contributed by atoms with Crippen molar-refractivity contribution >= 4 is 17.5 Å². The van der Waals surface area contributed by atoms with E-state index in [9.17, 15) is 4.79 Å². The molecule has 6 heteroatoms. The van der Waals surface area contributed by atoms with Crippen LogP contribution in [0.25, 0.3) is 0 Å². The molecule has 2 aromatic rings. The Labute approximate surface area is 158 Å². The highest BCUT2D eigenvalue weighted by molar-refractivity contribution is 6.32. The molecule has 0 saturated carbocycles. The van der Waals surface area contributed by atoms with Gasteiger partial charge in [-0.15, -0.1) is 0 Å². The van der Waals surface area contributed by atoms with Crippen LogP contribution < -0.4 is 4.74 Å². The third-order valence-electron chi connectivity index (χ3n) is 4.42. The standard InChI is InChI=1S/C20H20ClN3O2/c21-18-3-1-2-4-19(18)26-14-13-23-9-11-24(12-10-23)20(25)17-7-5-16(15-22)6-8-17/h1-8H,9-14H2. The van der Waals surface area contributed by atoms with Crippen molar-refractivity contribution in [2.75, 3.05) is 39.3 Å². The van der Waals surface area contributed by atoms with Gasteiger partial charge in [-0.25, -0.2) is 0 Å². The fraction of sp³-hybridized carbons (Fsp3) is 0.300. The summed E-state index contributed by atoms with van der Waals surface area (Å²) in [7, 11) is 0. The number of hydrogen-bond donors (Lipinski definition) is 0. The molecule has 0 aromatic heterocycles. The van der Waals surface area contributed by atoms with Gasteiger partial charge in [0.25, 0.3) is 5.91 Å². The number of rotatable bonds is 5. The Bertz CT molecular complexity index is 793. The van der Waals surface area contributed by atoms with Crippen molar-refractivity contribution < 1.29 is 9.53 Å². The molecule has 1 heterocycles. The number of halogens is 1. The van der Waals surface area contributed by atoms with Gasteiger partial charge in [-0.05, 0) is 36.4 Å². The number of nitriles is 1. The Balaban J connectivity index is 1.44. The lowest BCUT2D eigenvalue weighted by atomic mass is 10.1. The summed E-state index contributed by atoms with van der Waals surface area (Å²) in [6.07, 6.45) is 0. The number of carbonyl (C=O) groups excluding carboxylic acids is 1. The molecule has 1 fully saturated rings. The lowest BCUT2D eigenvalue weighted by molar-refractivity contribution is 0.0620. The van der Waals surface area contributed by atoms with Gasteiger partial charge in [0, 0.05) is 38.3 Å². The second-order valence-electron chi connectivity index (χ2n) is 6.10. The third kappa shape index (κ3) is 4.54. The van der Waals surface area contributed by atoms with Crippen LogP contribution in [0.4, 0.5) is 0 Å². The fourth-order valence-electron chi connectivity index (χ4n) is 2.89. The summed E-state index contributed by atoms with van der Waals surface area (Å²) in [5.74, 6) is 0.713. The minimum Gasteiger partial charge on any atom is -0.491 e. The molecule has 0 spiro atoms. The highest BCUT2D eigenvalue weighted by Crippen LogP contribution is 2.23. The van der Waals surface area contributed by atoms with Gasteiger partial charge < -0.3 is 9.64 Å². The molecule has 134 valence electrons. The molecule has 3 rings (SSSR count). The van der Waals surface area contributed by atoms with Crippen molar-refractivity contribution in [3.05, 3.63) is 64.7 Å². The highest BCUT2D eigenvalue weighted by atomic mass is 35.5. The maximum Gasteiger partial charge on any atom is 0.253 e. The largest absolute Gasteiger partial charge is 0.491 e.